The maximum absolute atomic E-state index is 12.9. The fourth-order valence-electron chi connectivity index (χ4n) is 3.40. The summed E-state index contributed by atoms with van der Waals surface area (Å²) in [7, 11) is 0. The second-order valence-electron chi connectivity index (χ2n) is 6.42. The van der Waals surface area contributed by atoms with Gasteiger partial charge in [-0.15, -0.1) is 11.3 Å². The number of rotatable bonds is 3. The third-order valence-corrected chi connectivity index (χ3v) is 6.08. The average Bonchev–Trinajstić information content (AvgIpc) is 3.07. The van der Waals surface area contributed by atoms with E-state index in [0.717, 1.165) is 41.9 Å². The number of para-hydroxylation sites is 1. The van der Waals surface area contributed by atoms with Gasteiger partial charge in [-0.05, 0) is 49.1 Å². The Morgan fingerprint density at radius 2 is 1.96 bits per heavy atom. The van der Waals surface area contributed by atoms with Crippen LogP contribution in [-0.4, -0.2) is 22.3 Å². The van der Waals surface area contributed by atoms with Crippen LogP contribution in [0.2, 0.25) is 5.02 Å². The van der Waals surface area contributed by atoms with Gasteiger partial charge < -0.3 is 4.90 Å². The zero-order chi connectivity index (χ0) is 17.2. The Balaban J connectivity index is 1.57. The topological polar surface area (TPSA) is 33.2 Å². The first-order valence-corrected chi connectivity index (χ1v) is 9.79. The van der Waals surface area contributed by atoms with Crippen molar-refractivity contribution in [2.24, 2.45) is 0 Å². The van der Waals surface area contributed by atoms with Gasteiger partial charge >= 0.3 is 0 Å². The maximum atomic E-state index is 12.9. The number of carbonyl (C=O) groups is 1. The van der Waals surface area contributed by atoms with Gasteiger partial charge in [-0.1, -0.05) is 35.9 Å². The van der Waals surface area contributed by atoms with E-state index in [-0.39, 0.29) is 11.9 Å². The lowest BCUT2D eigenvalue weighted by Gasteiger charge is -2.34. The molecule has 0 aliphatic carbocycles. The number of amides is 1. The maximum Gasteiger partial charge on any atom is 0.227 e. The van der Waals surface area contributed by atoms with Crippen LogP contribution in [-0.2, 0) is 11.2 Å². The number of thiazole rings is 1. The molecule has 1 fully saturated rings. The summed E-state index contributed by atoms with van der Waals surface area (Å²) in [6.45, 7) is 0.813. The van der Waals surface area contributed by atoms with Crippen LogP contribution in [0.5, 0.6) is 0 Å². The lowest BCUT2D eigenvalue weighted by Crippen LogP contribution is -2.39. The average molecular weight is 371 g/mol. The Hall–Kier alpha value is -1.91. The standard InChI is InChI=1S/C20H19ClN2OS/c21-15-10-8-14(9-11-15)13-19(24)23-12-4-3-6-17(23)20-22-16-5-1-2-7-18(16)25-20/h1-2,5,7-11,17H,3-4,6,12-13H2. The van der Waals surface area contributed by atoms with Crippen LogP contribution in [0.4, 0.5) is 0 Å². The van der Waals surface area contributed by atoms with E-state index >= 15 is 0 Å². The summed E-state index contributed by atoms with van der Waals surface area (Å²) in [6.07, 6.45) is 3.61. The van der Waals surface area contributed by atoms with Gasteiger partial charge in [0.2, 0.25) is 5.91 Å². The second kappa shape index (κ2) is 7.14. The molecule has 1 aliphatic heterocycles. The molecule has 1 unspecified atom stereocenters. The molecule has 5 heteroatoms. The van der Waals surface area contributed by atoms with E-state index in [9.17, 15) is 4.79 Å². The molecule has 0 N–H and O–H groups in total. The van der Waals surface area contributed by atoms with E-state index in [1.165, 1.54) is 4.70 Å². The Morgan fingerprint density at radius 1 is 1.16 bits per heavy atom. The predicted molar refractivity (Wildman–Crippen MR) is 103 cm³/mol. The molecular formula is C20H19ClN2OS. The zero-order valence-electron chi connectivity index (χ0n) is 13.8. The number of piperidine rings is 1. The normalized spacial score (nSPS) is 17.8. The highest BCUT2D eigenvalue weighted by molar-refractivity contribution is 7.18. The molecule has 0 bridgehead atoms. The fraction of sp³-hybridized carbons (Fsp3) is 0.300. The van der Waals surface area contributed by atoms with Gasteiger partial charge in [0.1, 0.15) is 5.01 Å². The summed E-state index contributed by atoms with van der Waals surface area (Å²) >= 11 is 7.65. The SMILES string of the molecule is O=C(Cc1ccc(Cl)cc1)N1CCCCC1c1nc2ccccc2s1. The highest BCUT2D eigenvalue weighted by atomic mass is 35.5. The molecule has 128 valence electrons. The minimum absolute atomic E-state index is 0.103. The minimum atomic E-state index is 0.103. The monoisotopic (exact) mass is 370 g/mol. The molecule has 0 radical (unpaired) electrons. The molecule has 2 aromatic carbocycles. The van der Waals surface area contributed by atoms with Crippen molar-refractivity contribution in [2.45, 2.75) is 31.7 Å². The number of fused-ring (bicyclic) bond motifs is 1. The van der Waals surface area contributed by atoms with E-state index in [2.05, 4.69) is 6.07 Å². The number of likely N-dealkylation sites (tertiary alicyclic amines) is 1. The first kappa shape index (κ1) is 16.6. The van der Waals surface area contributed by atoms with Crippen LogP contribution >= 0.6 is 22.9 Å². The van der Waals surface area contributed by atoms with Gasteiger partial charge in [0.25, 0.3) is 0 Å². The van der Waals surface area contributed by atoms with Crippen LogP contribution in [0.1, 0.15) is 35.9 Å². The summed E-state index contributed by atoms with van der Waals surface area (Å²) in [6, 6.07) is 15.8. The van der Waals surface area contributed by atoms with Crippen molar-refractivity contribution in [3.63, 3.8) is 0 Å². The molecule has 25 heavy (non-hydrogen) atoms. The molecule has 1 aromatic heterocycles. The summed E-state index contributed by atoms with van der Waals surface area (Å²) in [5, 5.41) is 1.76. The van der Waals surface area contributed by atoms with Crippen molar-refractivity contribution in [1.29, 1.82) is 0 Å². The van der Waals surface area contributed by atoms with E-state index in [1.807, 2.05) is 47.4 Å². The molecule has 1 saturated heterocycles. The number of hydrogen-bond acceptors (Lipinski definition) is 3. The molecule has 0 saturated carbocycles. The number of aromatic nitrogens is 1. The summed E-state index contributed by atoms with van der Waals surface area (Å²) in [5.41, 5.74) is 2.03. The van der Waals surface area contributed by atoms with Crippen molar-refractivity contribution >= 4 is 39.1 Å². The van der Waals surface area contributed by atoms with Gasteiger partial charge in [-0.3, -0.25) is 4.79 Å². The molecule has 2 heterocycles. The quantitative estimate of drug-likeness (QED) is 0.631. The third kappa shape index (κ3) is 3.55. The lowest BCUT2D eigenvalue weighted by atomic mass is 10.0. The van der Waals surface area contributed by atoms with Gasteiger partial charge in [-0.2, -0.15) is 0 Å². The number of halogens is 1. The van der Waals surface area contributed by atoms with Crippen LogP contribution in [0.15, 0.2) is 48.5 Å². The summed E-state index contributed by atoms with van der Waals surface area (Å²) in [4.78, 5) is 19.7. The van der Waals surface area contributed by atoms with E-state index in [1.54, 1.807) is 11.3 Å². The van der Waals surface area contributed by atoms with Gasteiger partial charge in [0, 0.05) is 11.6 Å². The number of carbonyl (C=O) groups excluding carboxylic acids is 1. The van der Waals surface area contributed by atoms with Gasteiger partial charge in [-0.25, -0.2) is 4.98 Å². The summed E-state index contributed by atoms with van der Waals surface area (Å²) < 4.78 is 1.19. The van der Waals surface area contributed by atoms with E-state index in [4.69, 9.17) is 16.6 Å². The Labute approximate surface area is 156 Å². The van der Waals surface area contributed by atoms with Gasteiger partial charge in [0.15, 0.2) is 0 Å². The van der Waals surface area contributed by atoms with Crippen molar-refractivity contribution in [2.75, 3.05) is 6.54 Å². The molecule has 0 spiro atoms. The minimum Gasteiger partial charge on any atom is -0.333 e. The smallest absolute Gasteiger partial charge is 0.227 e. The van der Waals surface area contributed by atoms with Gasteiger partial charge in [0.05, 0.1) is 22.7 Å². The van der Waals surface area contributed by atoms with Crippen LogP contribution in [0.3, 0.4) is 0 Å². The molecule has 3 aromatic rings. The number of nitrogens with zero attached hydrogens (tertiary/aromatic N) is 2. The van der Waals surface area contributed by atoms with E-state index in [0.29, 0.717) is 11.4 Å². The zero-order valence-corrected chi connectivity index (χ0v) is 15.4. The fourth-order valence-corrected chi connectivity index (χ4v) is 4.64. The lowest BCUT2D eigenvalue weighted by molar-refractivity contribution is -0.134. The van der Waals surface area contributed by atoms with Crippen molar-refractivity contribution < 1.29 is 4.79 Å². The van der Waals surface area contributed by atoms with Crippen molar-refractivity contribution in [3.8, 4) is 0 Å². The summed E-state index contributed by atoms with van der Waals surface area (Å²) in [5.74, 6) is 0.172. The number of hydrogen-bond donors (Lipinski definition) is 0. The third-order valence-electron chi connectivity index (χ3n) is 4.69. The first-order valence-electron chi connectivity index (χ1n) is 8.60. The predicted octanol–water partition coefficient (Wildman–Crippen LogP) is 5.25. The number of benzene rings is 2. The van der Waals surface area contributed by atoms with Crippen LogP contribution < -0.4 is 0 Å². The molecule has 1 atom stereocenters. The Kier molecular flexibility index (Phi) is 4.73. The highest BCUT2D eigenvalue weighted by Gasteiger charge is 2.30. The van der Waals surface area contributed by atoms with Crippen LogP contribution in [0.25, 0.3) is 10.2 Å². The first-order chi connectivity index (χ1) is 12.2. The molecule has 1 amide bonds. The molecule has 4 rings (SSSR count). The Morgan fingerprint density at radius 3 is 2.76 bits per heavy atom. The molecular weight excluding hydrogens is 352 g/mol. The molecule has 1 aliphatic rings. The Bertz CT molecular complexity index is 857. The van der Waals surface area contributed by atoms with Crippen molar-refractivity contribution in [3.05, 3.63) is 64.1 Å². The van der Waals surface area contributed by atoms with Crippen molar-refractivity contribution in [1.82, 2.24) is 9.88 Å². The largest absolute Gasteiger partial charge is 0.333 e. The molecule has 3 nitrogen and oxygen atoms in total. The van der Waals surface area contributed by atoms with Crippen LogP contribution in [0, 0.1) is 0 Å². The van der Waals surface area contributed by atoms with E-state index < -0.39 is 0 Å². The second-order valence-corrected chi connectivity index (χ2v) is 7.92. The highest BCUT2D eigenvalue weighted by Crippen LogP contribution is 2.35.